The molecule has 102 valence electrons. The van der Waals surface area contributed by atoms with E-state index < -0.39 is 0 Å². The topological polar surface area (TPSA) is 59.6 Å². The fourth-order valence-electron chi connectivity index (χ4n) is 2.45. The van der Waals surface area contributed by atoms with E-state index in [1.807, 2.05) is 0 Å². The molecule has 3 rings (SSSR count). The Hall–Kier alpha value is -1.75. The Morgan fingerprint density at radius 1 is 1.32 bits per heavy atom. The largest absolute Gasteiger partial charge is 0.486 e. The number of rotatable bonds is 2. The molecule has 1 amide bonds. The summed E-state index contributed by atoms with van der Waals surface area (Å²) < 4.78 is 10.9. The summed E-state index contributed by atoms with van der Waals surface area (Å²) in [5.41, 5.74) is 0.446. The molecule has 2 heterocycles. The minimum absolute atomic E-state index is 0.0665. The van der Waals surface area contributed by atoms with Gasteiger partial charge in [-0.05, 0) is 38.1 Å². The predicted octanol–water partition coefficient (Wildman–Crippen LogP) is 0.940. The van der Waals surface area contributed by atoms with Gasteiger partial charge in [0.2, 0.25) is 0 Å². The van der Waals surface area contributed by atoms with Crippen LogP contribution in [0.15, 0.2) is 18.2 Å². The minimum Gasteiger partial charge on any atom is -0.486 e. The lowest BCUT2D eigenvalue weighted by Crippen LogP contribution is -2.47. The third kappa shape index (κ3) is 2.51. The molecule has 0 aromatic heterocycles. The van der Waals surface area contributed by atoms with E-state index in [1.165, 1.54) is 0 Å². The average Bonchev–Trinajstić information content (AvgIpc) is 2.84. The third-order valence-electron chi connectivity index (χ3n) is 3.59. The fourth-order valence-corrected chi connectivity index (χ4v) is 2.45. The molecular weight excluding hydrogens is 244 g/mol. The predicted molar refractivity (Wildman–Crippen MR) is 70.8 cm³/mol. The number of fused-ring (bicyclic) bond motifs is 1. The molecule has 0 saturated carbocycles. The van der Waals surface area contributed by atoms with E-state index in [9.17, 15) is 4.79 Å². The van der Waals surface area contributed by atoms with E-state index in [0.29, 0.717) is 30.3 Å². The smallest absolute Gasteiger partial charge is 0.251 e. The van der Waals surface area contributed by atoms with Crippen LogP contribution in [0.25, 0.3) is 0 Å². The molecule has 1 saturated heterocycles. The summed E-state index contributed by atoms with van der Waals surface area (Å²) in [6.45, 7) is 4.89. The normalized spacial score (nSPS) is 25.1. The van der Waals surface area contributed by atoms with Crippen LogP contribution in [0.5, 0.6) is 11.5 Å². The highest BCUT2D eigenvalue weighted by Crippen LogP contribution is 2.30. The van der Waals surface area contributed by atoms with Gasteiger partial charge in [0.1, 0.15) is 13.2 Å². The van der Waals surface area contributed by atoms with Crippen molar-refractivity contribution >= 4 is 5.91 Å². The number of amides is 1. The van der Waals surface area contributed by atoms with Gasteiger partial charge in [0, 0.05) is 12.1 Å². The van der Waals surface area contributed by atoms with Crippen molar-refractivity contribution in [3.05, 3.63) is 23.8 Å². The molecule has 1 aromatic rings. The van der Waals surface area contributed by atoms with Gasteiger partial charge in [0.05, 0.1) is 5.54 Å². The number of hydrogen-bond acceptors (Lipinski definition) is 4. The molecule has 1 aromatic carbocycles. The van der Waals surface area contributed by atoms with Crippen LogP contribution in [-0.2, 0) is 0 Å². The summed E-state index contributed by atoms with van der Waals surface area (Å²) in [4.78, 5) is 12.3. The summed E-state index contributed by atoms with van der Waals surface area (Å²) in [7, 11) is 0. The summed E-state index contributed by atoms with van der Waals surface area (Å²) in [5, 5.41) is 6.34. The Bertz CT molecular complexity index is 495. The first-order chi connectivity index (χ1) is 9.16. The Kier molecular flexibility index (Phi) is 3.06. The van der Waals surface area contributed by atoms with Crippen molar-refractivity contribution in [1.29, 1.82) is 0 Å². The molecule has 2 N–H and O–H groups in total. The van der Waals surface area contributed by atoms with Crippen molar-refractivity contribution in [2.75, 3.05) is 26.3 Å². The van der Waals surface area contributed by atoms with Gasteiger partial charge in [-0.25, -0.2) is 0 Å². The molecule has 1 unspecified atom stereocenters. The molecule has 2 aliphatic rings. The molecular formula is C14H18N2O3. The van der Waals surface area contributed by atoms with Crippen molar-refractivity contribution in [2.45, 2.75) is 18.9 Å². The molecule has 1 atom stereocenters. The van der Waals surface area contributed by atoms with Gasteiger partial charge >= 0.3 is 0 Å². The van der Waals surface area contributed by atoms with Crippen LogP contribution in [0.1, 0.15) is 23.7 Å². The lowest BCUT2D eigenvalue weighted by Gasteiger charge is -2.25. The summed E-state index contributed by atoms with van der Waals surface area (Å²) >= 11 is 0. The maximum atomic E-state index is 12.3. The van der Waals surface area contributed by atoms with E-state index >= 15 is 0 Å². The highest BCUT2D eigenvalue weighted by molar-refractivity contribution is 5.95. The van der Waals surface area contributed by atoms with Gasteiger partial charge in [-0.1, -0.05) is 0 Å². The highest BCUT2D eigenvalue weighted by atomic mass is 16.6. The van der Waals surface area contributed by atoms with E-state index in [2.05, 4.69) is 17.6 Å². The second kappa shape index (κ2) is 4.74. The van der Waals surface area contributed by atoms with Gasteiger partial charge in [0.25, 0.3) is 5.91 Å². The van der Waals surface area contributed by atoms with E-state index in [1.54, 1.807) is 18.2 Å². The van der Waals surface area contributed by atoms with Gasteiger partial charge in [-0.3, -0.25) is 4.79 Å². The van der Waals surface area contributed by atoms with Crippen LogP contribution in [-0.4, -0.2) is 37.7 Å². The number of carbonyl (C=O) groups is 1. The first-order valence-corrected chi connectivity index (χ1v) is 6.59. The molecule has 2 aliphatic heterocycles. The molecule has 0 spiro atoms. The standard InChI is InChI=1S/C14H18N2O3/c1-14(4-5-15-9-14)16-13(17)10-2-3-11-12(8-10)19-7-6-18-11/h2-3,8,15H,4-7,9H2,1H3,(H,16,17). The van der Waals surface area contributed by atoms with E-state index in [-0.39, 0.29) is 11.4 Å². The average molecular weight is 262 g/mol. The SMILES string of the molecule is CC1(NC(=O)c2ccc3c(c2)OCCO3)CCNC1. The minimum atomic E-state index is -0.162. The third-order valence-corrected chi connectivity index (χ3v) is 3.59. The van der Waals surface area contributed by atoms with E-state index in [4.69, 9.17) is 9.47 Å². The van der Waals surface area contributed by atoms with Gasteiger partial charge in [-0.2, -0.15) is 0 Å². The van der Waals surface area contributed by atoms with Crippen molar-refractivity contribution in [1.82, 2.24) is 10.6 Å². The first-order valence-electron chi connectivity index (χ1n) is 6.59. The summed E-state index contributed by atoms with van der Waals surface area (Å²) in [6.07, 6.45) is 0.948. The van der Waals surface area contributed by atoms with Crippen LogP contribution in [0, 0.1) is 0 Å². The zero-order valence-corrected chi connectivity index (χ0v) is 11.0. The lowest BCUT2D eigenvalue weighted by atomic mass is 10.0. The van der Waals surface area contributed by atoms with Gasteiger partial charge in [-0.15, -0.1) is 0 Å². The van der Waals surface area contributed by atoms with Crippen molar-refractivity contribution in [3.63, 3.8) is 0 Å². The maximum absolute atomic E-state index is 12.3. The first kappa shape index (κ1) is 12.3. The number of benzene rings is 1. The number of hydrogen-bond donors (Lipinski definition) is 2. The van der Waals surface area contributed by atoms with Crippen LogP contribution in [0.2, 0.25) is 0 Å². The zero-order valence-electron chi connectivity index (χ0n) is 11.0. The Labute approximate surface area is 112 Å². The van der Waals surface area contributed by atoms with Crippen molar-refractivity contribution in [2.24, 2.45) is 0 Å². The lowest BCUT2D eigenvalue weighted by molar-refractivity contribution is 0.0912. The Balaban J connectivity index is 1.76. The van der Waals surface area contributed by atoms with Crippen LogP contribution >= 0.6 is 0 Å². The number of carbonyl (C=O) groups excluding carboxylic acids is 1. The fraction of sp³-hybridized carbons (Fsp3) is 0.500. The zero-order chi connectivity index (χ0) is 13.3. The van der Waals surface area contributed by atoms with Crippen LogP contribution in [0.3, 0.4) is 0 Å². The Morgan fingerprint density at radius 2 is 2.11 bits per heavy atom. The molecule has 0 aliphatic carbocycles. The Morgan fingerprint density at radius 3 is 2.84 bits per heavy atom. The molecule has 5 heteroatoms. The van der Waals surface area contributed by atoms with E-state index in [0.717, 1.165) is 19.5 Å². The maximum Gasteiger partial charge on any atom is 0.251 e. The van der Waals surface area contributed by atoms with Gasteiger partial charge in [0.15, 0.2) is 11.5 Å². The molecule has 1 fully saturated rings. The molecule has 0 bridgehead atoms. The molecule has 19 heavy (non-hydrogen) atoms. The summed E-state index contributed by atoms with van der Waals surface area (Å²) in [5.74, 6) is 1.29. The second-order valence-corrected chi connectivity index (χ2v) is 5.30. The molecule has 5 nitrogen and oxygen atoms in total. The highest BCUT2D eigenvalue weighted by Gasteiger charge is 2.30. The monoisotopic (exact) mass is 262 g/mol. The second-order valence-electron chi connectivity index (χ2n) is 5.30. The quantitative estimate of drug-likeness (QED) is 0.833. The van der Waals surface area contributed by atoms with Crippen molar-refractivity contribution < 1.29 is 14.3 Å². The van der Waals surface area contributed by atoms with Crippen molar-refractivity contribution in [3.8, 4) is 11.5 Å². The van der Waals surface area contributed by atoms with Crippen LogP contribution in [0.4, 0.5) is 0 Å². The summed E-state index contributed by atoms with van der Waals surface area (Å²) in [6, 6.07) is 5.31. The molecule has 0 radical (unpaired) electrons. The van der Waals surface area contributed by atoms with Gasteiger partial charge < -0.3 is 20.1 Å². The van der Waals surface area contributed by atoms with Crippen LogP contribution < -0.4 is 20.1 Å². The number of ether oxygens (including phenoxy) is 2. The number of nitrogens with one attached hydrogen (secondary N) is 2.